The van der Waals surface area contributed by atoms with E-state index in [1.807, 2.05) is 0 Å². The van der Waals surface area contributed by atoms with E-state index in [9.17, 15) is 9.18 Å². The van der Waals surface area contributed by atoms with Crippen molar-refractivity contribution >= 4 is 5.97 Å². The molecule has 1 rings (SSSR count). The molecule has 1 heterocycles. The molecule has 0 bridgehead atoms. The van der Waals surface area contributed by atoms with Gasteiger partial charge in [0.15, 0.2) is 0 Å². The summed E-state index contributed by atoms with van der Waals surface area (Å²) in [7, 11) is 1.20. The zero-order chi connectivity index (χ0) is 10.1. The average molecular weight is 187 g/mol. The molecule has 0 unspecified atom stereocenters. The first kappa shape index (κ1) is 9.70. The summed E-state index contributed by atoms with van der Waals surface area (Å²) in [5, 5.41) is 0. The molecule has 0 fully saturated rings. The Bertz CT molecular complexity index is 313. The van der Waals surface area contributed by atoms with E-state index in [4.69, 9.17) is 4.42 Å². The van der Waals surface area contributed by atoms with Crippen LogP contribution in [0.15, 0.2) is 10.7 Å². The van der Waals surface area contributed by atoms with Gasteiger partial charge in [0.1, 0.15) is 17.6 Å². The van der Waals surface area contributed by atoms with Gasteiger partial charge in [-0.05, 0) is 13.8 Å². The lowest BCUT2D eigenvalue weighted by Gasteiger charge is -2.07. The summed E-state index contributed by atoms with van der Waals surface area (Å²) in [6.45, 7) is 2.65. The normalized spacial score (nSPS) is 11.4. The molecular formula is C8H10FNO3. The van der Waals surface area contributed by atoms with E-state index in [-0.39, 0.29) is 11.6 Å². The molecule has 0 atom stereocenters. The number of oxazole rings is 1. The minimum atomic E-state index is -1.62. The SMILES string of the molecule is COC(=O)c1nc(C(C)(C)F)co1. The first-order chi connectivity index (χ1) is 5.95. The van der Waals surface area contributed by atoms with E-state index >= 15 is 0 Å². The van der Waals surface area contributed by atoms with Gasteiger partial charge in [-0.15, -0.1) is 0 Å². The summed E-state index contributed by atoms with van der Waals surface area (Å²) in [6.07, 6.45) is 1.10. The highest BCUT2D eigenvalue weighted by Crippen LogP contribution is 2.23. The van der Waals surface area contributed by atoms with Gasteiger partial charge in [-0.2, -0.15) is 0 Å². The largest absolute Gasteiger partial charge is 0.462 e. The van der Waals surface area contributed by atoms with Crippen molar-refractivity contribution in [2.24, 2.45) is 0 Å². The third kappa shape index (κ3) is 2.05. The second-order valence-corrected chi connectivity index (χ2v) is 3.00. The van der Waals surface area contributed by atoms with Crippen molar-refractivity contribution in [2.45, 2.75) is 19.5 Å². The van der Waals surface area contributed by atoms with Crippen LogP contribution in [0.3, 0.4) is 0 Å². The molecule has 0 aliphatic rings. The van der Waals surface area contributed by atoms with Crippen LogP contribution < -0.4 is 0 Å². The third-order valence-electron chi connectivity index (χ3n) is 1.47. The van der Waals surface area contributed by atoms with E-state index in [0.29, 0.717) is 0 Å². The van der Waals surface area contributed by atoms with Gasteiger partial charge in [-0.3, -0.25) is 0 Å². The van der Waals surface area contributed by atoms with Crippen LogP contribution in [0.1, 0.15) is 30.2 Å². The molecule has 1 aromatic heterocycles. The molecule has 0 saturated heterocycles. The molecule has 4 nitrogen and oxygen atoms in total. The number of ether oxygens (including phenoxy) is 1. The molecule has 72 valence electrons. The second-order valence-electron chi connectivity index (χ2n) is 3.00. The quantitative estimate of drug-likeness (QED) is 0.661. The number of nitrogens with zero attached hydrogens (tertiary/aromatic N) is 1. The molecule has 0 saturated carbocycles. The predicted octanol–water partition coefficient (Wildman–Crippen LogP) is 1.67. The molecule has 0 radical (unpaired) electrons. The summed E-state index contributed by atoms with van der Waals surface area (Å²) in [5.74, 6) is -0.946. The monoisotopic (exact) mass is 187 g/mol. The second kappa shape index (κ2) is 3.16. The van der Waals surface area contributed by atoms with E-state index in [0.717, 1.165) is 6.26 Å². The lowest BCUT2D eigenvalue weighted by molar-refractivity contribution is 0.0556. The maximum absolute atomic E-state index is 13.2. The van der Waals surface area contributed by atoms with Crippen LogP contribution in [0.4, 0.5) is 4.39 Å². The van der Waals surface area contributed by atoms with Gasteiger partial charge in [0.05, 0.1) is 7.11 Å². The fraction of sp³-hybridized carbons (Fsp3) is 0.500. The van der Waals surface area contributed by atoms with Gasteiger partial charge < -0.3 is 9.15 Å². The van der Waals surface area contributed by atoms with Crippen molar-refractivity contribution in [1.29, 1.82) is 0 Å². The molecule has 0 amide bonds. The number of methoxy groups -OCH3 is 1. The molecular weight excluding hydrogens is 177 g/mol. The lowest BCUT2D eigenvalue weighted by atomic mass is 10.1. The Morgan fingerprint density at radius 1 is 1.69 bits per heavy atom. The number of hydrogen-bond acceptors (Lipinski definition) is 4. The highest BCUT2D eigenvalue weighted by molar-refractivity contribution is 5.84. The minimum Gasteiger partial charge on any atom is -0.462 e. The molecule has 5 heteroatoms. The van der Waals surface area contributed by atoms with E-state index in [2.05, 4.69) is 9.72 Å². The smallest absolute Gasteiger partial charge is 0.394 e. The number of alkyl halides is 1. The number of rotatable bonds is 2. The fourth-order valence-electron chi connectivity index (χ4n) is 0.728. The number of aromatic nitrogens is 1. The number of carbonyl (C=O) groups is 1. The van der Waals surface area contributed by atoms with Crippen LogP contribution in [0.5, 0.6) is 0 Å². The van der Waals surface area contributed by atoms with Gasteiger partial charge in [0, 0.05) is 0 Å². The number of esters is 1. The van der Waals surface area contributed by atoms with Crippen LogP contribution in [-0.2, 0) is 10.4 Å². The summed E-state index contributed by atoms with van der Waals surface area (Å²) in [4.78, 5) is 14.5. The molecule has 13 heavy (non-hydrogen) atoms. The third-order valence-corrected chi connectivity index (χ3v) is 1.47. The Hall–Kier alpha value is -1.39. The first-order valence-corrected chi connectivity index (χ1v) is 3.68. The number of halogens is 1. The highest BCUT2D eigenvalue weighted by atomic mass is 19.1. The Morgan fingerprint density at radius 2 is 2.31 bits per heavy atom. The van der Waals surface area contributed by atoms with Gasteiger partial charge in [0.25, 0.3) is 0 Å². The summed E-state index contributed by atoms with van der Waals surface area (Å²) in [6, 6.07) is 0. The average Bonchev–Trinajstić information content (AvgIpc) is 2.50. The van der Waals surface area contributed by atoms with Crippen molar-refractivity contribution in [1.82, 2.24) is 4.98 Å². The zero-order valence-electron chi connectivity index (χ0n) is 7.63. The summed E-state index contributed by atoms with van der Waals surface area (Å²) >= 11 is 0. The van der Waals surface area contributed by atoms with E-state index < -0.39 is 11.6 Å². The van der Waals surface area contributed by atoms with Crippen molar-refractivity contribution in [2.75, 3.05) is 7.11 Å². The van der Waals surface area contributed by atoms with E-state index in [1.54, 1.807) is 0 Å². The molecule has 0 spiro atoms. The van der Waals surface area contributed by atoms with Crippen LogP contribution in [0.25, 0.3) is 0 Å². The Kier molecular flexibility index (Phi) is 2.36. The topological polar surface area (TPSA) is 52.3 Å². The van der Waals surface area contributed by atoms with Gasteiger partial charge in [-0.25, -0.2) is 14.2 Å². The Morgan fingerprint density at radius 3 is 2.69 bits per heavy atom. The van der Waals surface area contributed by atoms with Crippen LogP contribution in [-0.4, -0.2) is 18.1 Å². The molecule has 0 aliphatic heterocycles. The highest BCUT2D eigenvalue weighted by Gasteiger charge is 2.25. The molecule has 0 aliphatic carbocycles. The number of hydrogen-bond donors (Lipinski definition) is 0. The van der Waals surface area contributed by atoms with E-state index in [1.165, 1.54) is 21.0 Å². The Labute approximate surface area is 74.7 Å². The van der Waals surface area contributed by atoms with Crippen molar-refractivity contribution < 1.29 is 18.3 Å². The maximum atomic E-state index is 13.2. The standard InChI is InChI=1S/C8H10FNO3/c1-8(2,9)5-4-13-6(10-5)7(11)12-3/h4H,1-3H3. The summed E-state index contributed by atoms with van der Waals surface area (Å²) in [5.41, 5.74) is -1.54. The van der Waals surface area contributed by atoms with Gasteiger partial charge >= 0.3 is 11.9 Å². The number of carbonyl (C=O) groups excluding carboxylic acids is 1. The summed E-state index contributed by atoms with van der Waals surface area (Å²) < 4.78 is 22.3. The van der Waals surface area contributed by atoms with Crippen LogP contribution >= 0.6 is 0 Å². The fourth-order valence-corrected chi connectivity index (χ4v) is 0.728. The minimum absolute atomic E-state index is 0.0768. The van der Waals surface area contributed by atoms with Crippen molar-refractivity contribution in [3.8, 4) is 0 Å². The van der Waals surface area contributed by atoms with Crippen LogP contribution in [0, 0.1) is 0 Å². The van der Waals surface area contributed by atoms with Gasteiger partial charge in [0.2, 0.25) is 0 Å². The van der Waals surface area contributed by atoms with Gasteiger partial charge in [-0.1, -0.05) is 0 Å². The first-order valence-electron chi connectivity index (χ1n) is 3.68. The molecule has 0 aromatic carbocycles. The zero-order valence-corrected chi connectivity index (χ0v) is 7.63. The van der Waals surface area contributed by atoms with Crippen molar-refractivity contribution in [3.05, 3.63) is 17.8 Å². The molecule has 1 aromatic rings. The molecule has 0 N–H and O–H groups in total. The Balaban J connectivity index is 2.93. The van der Waals surface area contributed by atoms with Crippen molar-refractivity contribution in [3.63, 3.8) is 0 Å². The lowest BCUT2D eigenvalue weighted by Crippen LogP contribution is -2.10. The predicted molar refractivity (Wildman–Crippen MR) is 42.0 cm³/mol. The maximum Gasteiger partial charge on any atom is 0.394 e. The van der Waals surface area contributed by atoms with Crippen LogP contribution in [0.2, 0.25) is 0 Å².